The Bertz CT molecular complexity index is 871. The Morgan fingerprint density at radius 1 is 0.886 bits per heavy atom. The molecule has 0 N–H and O–H groups in total. The molecule has 0 saturated heterocycles. The summed E-state index contributed by atoms with van der Waals surface area (Å²) >= 11 is 0. The lowest BCUT2D eigenvalue weighted by atomic mass is 10.1. The van der Waals surface area contributed by atoms with Crippen LogP contribution in [0, 0.1) is 0 Å². The Labute approximate surface area is 213 Å². The molecule has 192 valence electrons. The summed E-state index contributed by atoms with van der Waals surface area (Å²) in [4.78, 5) is 11.9. The minimum absolute atomic E-state index is 0.0701. The van der Waals surface area contributed by atoms with Crippen LogP contribution in [-0.4, -0.2) is 39.7 Å². The van der Waals surface area contributed by atoms with Crippen molar-refractivity contribution in [1.82, 2.24) is 0 Å². The predicted molar refractivity (Wildman–Crippen MR) is 148 cm³/mol. The van der Waals surface area contributed by atoms with Crippen LogP contribution < -0.4 is 10.4 Å². The maximum Gasteiger partial charge on any atom is 0.306 e. The molecule has 35 heavy (non-hydrogen) atoms. The number of esters is 1. The van der Waals surface area contributed by atoms with Crippen LogP contribution in [0.5, 0.6) is 0 Å². The minimum atomic E-state index is -2.59. The maximum absolute atomic E-state index is 11.9. The third-order valence-corrected chi connectivity index (χ3v) is 11.0. The van der Waals surface area contributed by atoms with E-state index in [9.17, 15) is 4.79 Å². The molecule has 0 fully saturated rings. The lowest BCUT2D eigenvalue weighted by Crippen LogP contribution is -2.67. The molecule has 0 spiro atoms. The van der Waals surface area contributed by atoms with Gasteiger partial charge in [-0.2, -0.15) is 0 Å². The zero-order chi connectivity index (χ0) is 26.0. The van der Waals surface area contributed by atoms with Gasteiger partial charge in [0.1, 0.15) is 5.60 Å². The van der Waals surface area contributed by atoms with E-state index in [4.69, 9.17) is 13.9 Å². The number of unbranched alkanes of at least 4 members (excludes halogenated alkanes) is 2. The minimum Gasteiger partial charge on any atom is -0.460 e. The molecule has 0 aliphatic heterocycles. The highest BCUT2D eigenvalue weighted by Gasteiger charge is 2.50. The molecule has 0 aliphatic carbocycles. The lowest BCUT2D eigenvalue weighted by Gasteiger charge is -2.43. The molecule has 4 nitrogen and oxygen atoms in total. The van der Waals surface area contributed by atoms with Crippen molar-refractivity contribution in [3.63, 3.8) is 0 Å². The summed E-state index contributed by atoms with van der Waals surface area (Å²) in [6.07, 6.45) is 7.18. The molecule has 0 saturated carbocycles. The number of benzene rings is 2. The fraction of sp³-hybridized carbons (Fsp3) is 0.500. The highest BCUT2D eigenvalue weighted by atomic mass is 28.4. The third-order valence-electron chi connectivity index (χ3n) is 5.96. The van der Waals surface area contributed by atoms with Gasteiger partial charge < -0.3 is 13.9 Å². The molecule has 0 bridgehead atoms. The summed E-state index contributed by atoms with van der Waals surface area (Å²) in [6.45, 7) is 13.0. The van der Waals surface area contributed by atoms with E-state index >= 15 is 0 Å². The molecular weight excluding hydrogens is 452 g/mol. The van der Waals surface area contributed by atoms with Gasteiger partial charge in [0.25, 0.3) is 8.32 Å². The van der Waals surface area contributed by atoms with Crippen LogP contribution >= 0.6 is 0 Å². The van der Waals surface area contributed by atoms with Gasteiger partial charge in [-0.1, -0.05) is 93.6 Å². The Morgan fingerprint density at radius 3 is 1.89 bits per heavy atom. The highest BCUT2D eigenvalue weighted by molar-refractivity contribution is 6.99. The largest absolute Gasteiger partial charge is 0.460 e. The van der Waals surface area contributed by atoms with Gasteiger partial charge >= 0.3 is 5.97 Å². The molecule has 5 heteroatoms. The summed E-state index contributed by atoms with van der Waals surface area (Å²) in [5.74, 6) is -0.130. The topological polar surface area (TPSA) is 44.8 Å². The molecule has 2 aromatic carbocycles. The maximum atomic E-state index is 11.9. The number of hydrogen-bond donors (Lipinski definition) is 0. The first-order valence-corrected chi connectivity index (χ1v) is 14.6. The van der Waals surface area contributed by atoms with Crippen molar-refractivity contribution in [3.05, 3.63) is 72.8 Å². The van der Waals surface area contributed by atoms with E-state index in [1.807, 2.05) is 20.8 Å². The number of ether oxygens (including phenoxy) is 2. The van der Waals surface area contributed by atoms with Gasteiger partial charge in [-0.25, -0.2) is 0 Å². The van der Waals surface area contributed by atoms with Crippen molar-refractivity contribution in [1.29, 1.82) is 0 Å². The van der Waals surface area contributed by atoms with E-state index in [1.165, 1.54) is 10.4 Å². The molecule has 2 rings (SSSR count). The van der Waals surface area contributed by atoms with Gasteiger partial charge in [0.15, 0.2) is 0 Å². The second kappa shape index (κ2) is 13.2. The predicted octanol–water partition coefficient (Wildman–Crippen LogP) is 6.04. The molecular formula is C30H44O4Si. The molecule has 0 amide bonds. The van der Waals surface area contributed by atoms with E-state index in [0.29, 0.717) is 13.0 Å². The van der Waals surface area contributed by atoms with Crippen LogP contribution in [0.2, 0.25) is 5.04 Å². The fourth-order valence-corrected chi connectivity index (χ4v) is 8.91. The second-order valence-electron chi connectivity index (χ2n) is 11.0. The summed E-state index contributed by atoms with van der Waals surface area (Å²) in [7, 11) is -0.858. The number of methoxy groups -OCH3 is 1. The van der Waals surface area contributed by atoms with Crippen molar-refractivity contribution in [2.45, 2.75) is 84.0 Å². The summed E-state index contributed by atoms with van der Waals surface area (Å²) < 4.78 is 18.1. The van der Waals surface area contributed by atoms with Crippen LogP contribution in [-0.2, 0) is 18.7 Å². The molecule has 0 aliphatic rings. The van der Waals surface area contributed by atoms with Crippen molar-refractivity contribution in [2.75, 3.05) is 13.7 Å². The Kier molecular flexibility index (Phi) is 10.9. The second-order valence-corrected chi connectivity index (χ2v) is 15.3. The molecule has 0 unspecified atom stereocenters. The van der Waals surface area contributed by atoms with Crippen LogP contribution in [0.25, 0.3) is 0 Å². The molecule has 0 radical (unpaired) electrons. The number of rotatable bonds is 12. The highest BCUT2D eigenvalue weighted by Crippen LogP contribution is 2.36. The smallest absolute Gasteiger partial charge is 0.306 e. The van der Waals surface area contributed by atoms with Crippen LogP contribution in [0.15, 0.2) is 72.8 Å². The summed E-state index contributed by atoms with van der Waals surface area (Å²) in [5, 5.41) is 2.46. The van der Waals surface area contributed by atoms with Crippen molar-refractivity contribution < 1.29 is 18.7 Å². The number of carbonyl (C=O) groups excluding carboxylic acids is 1. The monoisotopic (exact) mass is 496 g/mol. The SMILES string of the molecule is CO[C@@H](/C=C/CCCCC(=O)OC(C)(C)C)CO[Si](c1ccccc1)(c1ccccc1)C(C)(C)C. The first kappa shape index (κ1) is 29.0. The average Bonchev–Trinajstić information content (AvgIpc) is 2.79. The normalized spacial score (nSPS) is 13.7. The Hall–Kier alpha value is -2.21. The Balaban J connectivity index is 2.06. The fourth-order valence-electron chi connectivity index (χ4n) is 4.34. The van der Waals surface area contributed by atoms with Crippen molar-refractivity contribution in [3.8, 4) is 0 Å². The van der Waals surface area contributed by atoms with Gasteiger partial charge in [-0.3, -0.25) is 4.79 Å². The van der Waals surface area contributed by atoms with Crippen molar-refractivity contribution in [2.24, 2.45) is 0 Å². The molecule has 1 atom stereocenters. The van der Waals surface area contributed by atoms with Crippen LogP contribution in [0.3, 0.4) is 0 Å². The van der Waals surface area contributed by atoms with Crippen LogP contribution in [0.4, 0.5) is 0 Å². The van der Waals surface area contributed by atoms with E-state index in [-0.39, 0.29) is 17.1 Å². The van der Waals surface area contributed by atoms with Crippen molar-refractivity contribution >= 4 is 24.7 Å². The van der Waals surface area contributed by atoms with E-state index in [0.717, 1.165) is 19.3 Å². The standard InChI is InChI=1S/C30H44O4Si/c1-29(2,3)34-28(31)23-17-9-8-12-18-25(32-7)24-33-35(30(4,5)6,26-19-13-10-14-20-26)27-21-15-11-16-22-27/h10-16,18-22,25H,8-9,17,23-24H2,1-7H3/b18-12+/t25-/m0/s1. The Morgan fingerprint density at radius 2 is 1.43 bits per heavy atom. The zero-order valence-corrected chi connectivity index (χ0v) is 23.7. The lowest BCUT2D eigenvalue weighted by molar-refractivity contribution is -0.154. The quantitative estimate of drug-likeness (QED) is 0.156. The van der Waals surface area contributed by atoms with E-state index < -0.39 is 13.9 Å². The number of allylic oxidation sites excluding steroid dienone is 1. The van der Waals surface area contributed by atoms with Gasteiger partial charge in [-0.05, 0) is 55.4 Å². The number of carbonyl (C=O) groups is 1. The first-order valence-electron chi connectivity index (χ1n) is 12.7. The average molecular weight is 497 g/mol. The first-order chi connectivity index (χ1) is 16.5. The zero-order valence-electron chi connectivity index (χ0n) is 22.7. The van der Waals surface area contributed by atoms with Gasteiger partial charge in [0, 0.05) is 13.5 Å². The van der Waals surface area contributed by atoms with E-state index in [2.05, 4.69) is 93.6 Å². The molecule has 0 heterocycles. The van der Waals surface area contributed by atoms with Gasteiger partial charge in [-0.15, -0.1) is 0 Å². The summed E-state index contributed by atoms with van der Waals surface area (Å²) in [5.41, 5.74) is -0.423. The molecule has 2 aromatic rings. The van der Waals surface area contributed by atoms with E-state index in [1.54, 1.807) is 7.11 Å². The summed E-state index contributed by atoms with van der Waals surface area (Å²) in [6, 6.07) is 21.3. The van der Waals surface area contributed by atoms with Crippen LogP contribution in [0.1, 0.15) is 67.2 Å². The third kappa shape index (κ3) is 8.75. The van der Waals surface area contributed by atoms with Gasteiger partial charge in [0.2, 0.25) is 0 Å². The molecule has 0 aromatic heterocycles. The van der Waals surface area contributed by atoms with Gasteiger partial charge in [0.05, 0.1) is 12.7 Å². The number of hydrogen-bond acceptors (Lipinski definition) is 4.